The number of piperidine rings is 1. The van der Waals surface area contributed by atoms with Gasteiger partial charge in [0.2, 0.25) is 0 Å². The van der Waals surface area contributed by atoms with Crippen LogP contribution in [-0.2, 0) is 0 Å². The number of benzene rings is 1. The van der Waals surface area contributed by atoms with Gasteiger partial charge in [0.25, 0.3) is 5.91 Å². The van der Waals surface area contributed by atoms with Crippen molar-refractivity contribution >= 4 is 11.7 Å². The number of rotatable bonds is 4. The minimum atomic E-state index is 0.115. The molecule has 0 aliphatic carbocycles. The Morgan fingerprint density at radius 3 is 2.43 bits per heavy atom. The van der Waals surface area contributed by atoms with E-state index in [1.54, 1.807) is 6.20 Å². The van der Waals surface area contributed by atoms with E-state index in [-0.39, 0.29) is 5.91 Å². The van der Waals surface area contributed by atoms with Gasteiger partial charge in [0.15, 0.2) is 0 Å². The molecule has 0 saturated carbocycles. The monoisotopic (exact) mass is 406 g/mol. The molecule has 0 radical (unpaired) electrons. The summed E-state index contributed by atoms with van der Waals surface area (Å²) in [6, 6.07) is 15.2. The minimum Gasteiger partial charge on any atom is -0.357 e. The predicted molar refractivity (Wildman–Crippen MR) is 122 cm³/mol. The van der Waals surface area contributed by atoms with E-state index in [1.165, 1.54) is 5.56 Å². The van der Waals surface area contributed by atoms with E-state index in [4.69, 9.17) is 0 Å². The summed E-state index contributed by atoms with van der Waals surface area (Å²) in [6.07, 6.45) is 7.31. The van der Waals surface area contributed by atoms with Crippen LogP contribution in [0, 0.1) is 0 Å². The SMILES string of the molecule is CN1CCC(N(C)c2ccc(C(=O)N3CCC[C@H](c4ccccc4)CC3)cn2)CC1. The standard InChI is InChI=1S/C25H34N4O/c1-27-16-13-23(14-17-27)28(2)24-11-10-22(19-26-24)25(30)29-15-6-9-21(12-18-29)20-7-4-3-5-8-20/h3-5,7-8,10-11,19,21,23H,6,9,12-18H2,1-2H3/t21-/m0/s1. The summed E-state index contributed by atoms with van der Waals surface area (Å²) in [4.78, 5) is 24.4. The van der Waals surface area contributed by atoms with Crippen LogP contribution in [-0.4, -0.2) is 67.0 Å². The normalized spacial score (nSPS) is 21.3. The van der Waals surface area contributed by atoms with E-state index < -0.39 is 0 Å². The molecule has 0 spiro atoms. The number of aromatic nitrogens is 1. The van der Waals surface area contributed by atoms with Crippen LogP contribution in [0.3, 0.4) is 0 Å². The average molecular weight is 407 g/mol. The third-order valence-electron chi connectivity index (χ3n) is 6.88. The van der Waals surface area contributed by atoms with Crippen molar-refractivity contribution in [3.63, 3.8) is 0 Å². The van der Waals surface area contributed by atoms with E-state index in [0.717, 1.165) is 64.1 Å². The van der Waals surface area contributed by atoms with Gasteiger partial charge in [-0.3, -0.25) is 4.79 Å². The van der Waals surface area contributed by atoms with Crippen LogP contribution in [0.2, 0.25) is 0 Å². The quantitative estimate of drug-likeness (QED) is 0.769. The number of carbonyl (C=O) groups is 1. The van der Waals surface area contributed by atoms with Crippen LogP contribution in [0.15, 0.2) is 48.7 Å². The summed E-state index contributed by atoms with van der Waals surface area (Å²) < 4.78 is 0. The molecule has 0 unspecified atom stereocenters. The van der Waals surface area contributed by atoms with Gasteiger partial charge in [-0.25, -0.2) is 4.98 Å². The third kappa shape index (κ3) is 4.84. The Balaban J connectivity index is 1.36. The molecule has 0 N–H and O–H groups in total. The number of hydrogen-bond acceptors (Lipinski definition) is 4. The van der Waals surface area contributed by atoms with Crippen LogP contribution in [0.25, 0.3) is 0 Å². The van der Waals surface area contributed by atoms with Gasteiger partial charge in [0.05, 0.1) is 5.56 Å². The zero-order valence-corrected chi connectivity index (χ0v) is 18.3. The van der Waals surface area contributed by atoms with Crippen molar-refractivity contribution in [1.82, 2.24) is 14.8 Å². The summed E-state index contributed by atoms with van der Waals surface area (Å²) in [5.41, 5.74) is 2.10. The molecule has 0 bridgehead atoms. The van der Waals surface area contributed by atoms with Crippen LogP contribution in [0.5, 0.6) is 0 Å². The first kappa shape index (κ1) is 20.9. The van der Waals surface area contributed by atoms with Crippen molar-refractivity contribution in [1.29, 1.82) is 0 Å². The van der Waals surface area contributed by atoms with E-state index in [2.05, 4.69) is 59.2 Å². The van der Waals surface area contributed by atoms with E-state index >= 15 is 0 Å². The van der Waals surface area contributed by atoms with Gasteiger partial charge in [0.1, 0.15) is 5.82 Å². The molecule has 2 aliphatic heterocycles. The fourth-order valence-electron chi connectivity index (χ4n) is 4.83. The van der Waals surface area contributed by atoms with Gasteiger partial charge < -0.3 is 14.7 Å². The van der Waals surface area contributed by atoms with Crippen LogP contribution in [0.1, 0.15) is 53.9 Å². The largest absolute Gasteiger partial charge is 0.357 e. The summed E-state index contributed by atoms with van der Waals surface area (Å²) in [5.74, 6) is 1.62. The maximum Gasteiger partial charge on any atom is 0.255 e. The molecule has 2 fully saturated rings. The Labute approximate surface area is 180 Å². The molecule has 160 valence electrons. The number of nitrogens with zero attached hydrogens (tertiary/aromatic N) is 4. The molecule has 2 aromatic rings. The van der Waals surface area contributed by atoms with Gasteiger partial charge in [-0.05, 0) is 75.9 Å². The van der Waals surface area contributed by atoms with Crippen molar-refractivity contribution < 1.29 is 4.79 Å². The first-order valence-electron chi connectivity index (χ1n) is 11.3. The lowest BCUT2D eigenvalue weighted by Gasteiger charge is -2.35. The van der Waals surface area contributed by atoms with Crippen LogP contribution in [0.4, 0.5) is 5.82 Å². The maximum atomic E-state index is 13.1. The Kier molecular flexibility index (Phi) is 6.68. The van der Waals surface area contributed by atoms with Crippen molar-refractivity contribution in [2.75, 3.05) is 45.2 Å². The molecule has 1 aromatic carbocycles. The summed E-state index contributed by atoms with van der Waals surface area (Å²) in [6.45, 7) is 3.91. The molecule has 1 aromatic heterocycles. The molecule has 2 saturated heterocycles. The van der Waals surface area contributed by atoms with Gasteiger partial charge in [-0.2, -0.15) is 0 Å². The van der Waals surface area contributed by atoms with Gasteiger partial charge >= 0.3 is 0 Å². The number of hydrogen-bond donors (Lipinski definition) is 0. The third-order valence-corrected chi connectivity index (χ3v) is 6.88. The molecule has 5 nitrogen and oxygen atoms in total. The topological polar surface area (TPSA) is 39.7 Å². The lowest BCUT2D eigenvalue weighted by molar-refractivity contribution is 0.0760. The average Bonchev–Trinajstić information content (AvgIpc) is 3.06. The van der Waals surface area contributed by atoms with Gasteiger partial charge in [-0.15, -0.1) is 0 Å². The molecule has 2 aliphatic rings. The number of anilines is 1. The Morgan fingerprint density at radius 2 is 1.73 bits per heavy atom. The highest BCUT2D eigenvalue weighted by molar-refractivity contribution is 5.94. The number of likely N-dealkylation sites (tertiary alicyclic amines) is 2. The highest BCUT2D eigenvalue weighted by Crippen LogP contribution is 2.28. The number of amides is 1. The lowest BCUT2D eigenvalue weighted by atomic mass is 9.92. The predicted octanol–water partition coefficient (Wildman–Crippen LogP) is 4.02. The first-order valence-corrected chi connectivity index (χ1v) is 11.3. The van der Waals surface area contributed by atoms with Crippen molar-refractivity contribution in [2.24, 2.45) is 0 Å². The highest BCUT2D eigenvalue weighted by Gasteiger charge is 2.24. The maximum absolute atomic E-state index is 13.1. The Hall–Kier alpha value is -2.40. The van der Waals surface area contributed by atoms with Gasteiger partial charge in [0, 0.05) is 32.4 Å². The molecular weight excluding hydrogens is 372 g/mol. The second-order valence-electron chi connectivity index (χ2n) is 8.88. The first-order chi connectivity index (χ1) is 14.6. The van der Waals surface area contributed by atoms with Crippen molar-refractivity contribution in [2.45, 2.75) is 44.1 Å². The molecule has 1 amide bonds. The fraction of sp³-hybridized carbons (Fsp3) is 0.520. The zero-order chi connectivity index (χ0) is 20.9. The zero-order valence-electron chi connectivity index (χ0n) is 18.3. The minimum absolute atomic E-state index is 0.115. The number of pyridine rings is 1. The molecule has 3 heterocycles. The van der Waals surface area contributed by atoms with Crippen LogP contribution < -0.4 is 4.90 Å². The Bertz CT molecular complexity index is 815. The second kappa shape index (κ2) is 9.61. The molecular formula is C25H34N4O. The van der Waals surface area contributed by atoms with E-state index in [1.807, 2.05) is 17.0 Å². The molecule has 30 heavy (non-hydrogen) atoms. The Morgan fingerprint density at radius 1 is 0.967 bits per heavy atom. The molecule has 5 heteroatoms. The number of carbonyl (C=O) groups excluding carboxylic acids is 1. The summed E-state index contributed by atoms with van der Waals surface area (Å²) in [5, 5.41) is 0. The molecule has 4 rings (SSSR count). The smallest absolute Gasteiger partial charge is 0.255 e. The van der Waals surface area contributed by atoms with Crippen molar-refractivity contribution in [3.05, 3.63) is 59.8 Å². The highest BCUT2D eigenvalue weighted by atomic mass is 16.2. The van der Waals surface area contributed by atoms with E-state index in [9.17, 15) is 4.79 Å². The summed E-state index contributed by atoms with van der Waals surface area (Å²) in [7, 11) is 4.30. The van der Waals surface area contributed by atoms with Gasteiger partial charge in [-0.1, -0.05) is 30.3 Å². The van der Waals surface area contributed by atoms with E-state index in [0.29, 0.717) is 17.5 Å². The van der Waals surface area contributed by atoms with Crippen LogP contribution >= 0.6 is 0 Å². The fourth-order valence-corrected chi connectivity index (χ4v) is 4.83. The second-order valence-corrected chi connectivity index (χ2v) is 8.88. The lowest BCUT2D eigenvalue weighted by Crippen LogP contribution is -2.42. The van der Waals surface area contributed by atoms with Crippen molar-refractivity contribution in [3.8, 4) is 0 Å². The summed E-state index contributed by atoms with van der Waals surface area (Å²) >= 11 is 0. The molecule has 1 atom stereocenters.